The van der Waals surface area contributed by atoms with Crippen molar-refractivity contribution >= 4 is 11.9 Å². The van der Waals surface area contributed by atoms with Crippen LogP contribution in [0.1, 0.15) is 24.0 Å². The molecule has 1 amide bonds. The summed E-state index contributed by atoms with van der Waals surface area (Å²) in [6, 6.07) is 4.66. The van der Waals surface area contributed by atoms with Crippen LogP contribution in [0.4, 0.5) is 0 Å². The van der Waals surface area contributed by atoms with E-state index in [-0.39, 0.29) is 19.6 Å². The van der Waals surface area contributed by atoms with Crippen molar-refractivity contribution in [2.45, 2.75) is 31.7 Å². The van der Waals surface area contributed by atoms with E-state index < -0.39 is 17.9 Å². The van der Waals surface area contributed by atoms with Crippen molar-refractivity contribution in [3.63, 3.8) is 0 Å². The number of carbonyl (C=O) groups excluding carboxylic acids is 1. The number of amides is 1. The van der Waals surface area contributed by atoms with Crippen molar-refractivity contribution in [3.8, 4) is 5.75 Å². The Labute approximate surface area is 122 Å². The summed E-state index contributed by atoms with van der Waals surface area (Å²) in [5, 5.41) is 19.9. The highest BCUT2D eigenvalue weighted by Gasteiger charge is 2.19. The molecular weight excluding hydrogens is 274 g/mol. The average molecular weight is 293 g/mol. The first-order chi connectivity index (χ1) is 10.1. The molecule has 0 aromatic heterocycles. The Balaban J connectivity index is 1.84. The molecule has 1 unspecified atom stereocenters. The molecule has 114 valence electrons. The Morgan fingerprint density at radius 1 is 1.29 bits per heavy atom. The van der Waals surface area contributed by atoms with Crippen molar-refractivity contribution in [2.75, 3.05) is 13.2 Å². The maximum atomic E-state index is 11.7. The van der Waals surface area contributed by atoms with Crippen LogP contribution in [0, 0.1) is 0 Å². The van der Waals surface area contributed by atoms with Gasteiger partial charge < -0.3 is 20.3 Å². The molecule has 0 saturated heterocycles. The minimum absolute atomic E-state index is 0.0279. The van der Waals surface area contributed by atoms with E-state index >= 15 is 0 Å². The van der Waals surface area contributed by atoms with Crippen LogP contribution in [0.25, 0.3) is 0 Å². The van der Waals surface area contributed by atoms with Crippen LogP contribution in [0.5, 0.6) is 5.75 Å². The molecule has 0 aliphatic heterocycles. The van der Waals surface area contributed by atoms with Crippen molar-refractivity contribution in [1.82, 2.24) is 5.32 Å². The monoisotopic (exact) mass is 293 g/mol. The molecule has 0 heterocycles. The number of aliphatic carboxylic acids is 1. The molecule has 0 radical (unpaired) electrons. The van der Waals surface area contributed by atoms with E-state index in [1.54, 1.807) is 0 Å². The minimum atomic E-state index is -1.17. The second kappa shape index (κ2) is 7.08. The lowest BCUT2D eigenvalue weighted by molar-refractivity contribution is -0.142. The lowest BCUT2D eigenvalue weighted by Crippen LogP contribution is -2.43. The number of aliphatic hydroxyl groups excluding tert-OH is 1. The van der Waals surface area contributed by atoms with Gasteiger partial charge in [-0.15, -0.1) is 0 Å². The normalized spacial score (nSPS) is 14.3. The zero-order valence-corrected chi connectivity index (χ0v) is 11.7. The number of benzene rings is 1. The van der Waals surface area contributed by atoms with Crippen LogP contribution >= 0.6 is 0 Å². The van der Waals surface area contributed by atoms with Crippen LogP contribution in [-0.2, 0) is 22.4 Å². The van der Waals surface area contributed by atoms with Gasteiger partial charge in [0.15, 0.2) is 6.61 Å². The smallest absolute Gasteiger partial charge is 0.326 e. The number of nitrogens with one attached hydrogen (secondary N) is 1. The summed E-state index contributed by atoms with van der Waals surface area (Å²) in [7, 11) is 0. The summed E-state index contributed by atoms with van der Waals surface area (Å²) in [6.07, 6.45) is 3.22. The van der Waals surface area contributed by atoms with Crippen molar-refractivity contribution in [2.24, 2.45) is 0 Å². The summed E-state index contributed by atoms with van der Waals surface area (Å²) in [5.41, 5.74) is 2.57. The SMILES string of the molecule is O=C(COc1ccc2c(c1)CCC2)NC(CCO)C(=O)O. The molecule has 2 rings (SSSR count). The van der Waals surface area contributed by atoms with Crippen molar-refractivity contribution in [1.29, 1.82) is 0 Å². The number of hydrogen-bond acceptors (Lipinski definition) is 4. The number of carboxylic acid groups (broad SMARTS) is 1. The summed E-state index contributed by atoms with van der Waals surface area (Å²) in [4.78, 5) is 22.5. The van der Waals surface area contributed by atoms with E-state index in [0.29, 0.717) is 5.75 Å². The molecule has 0 fully saturated rings. The average Bonchev–Trinajstić information content (AvgIpc) is 2.92. The minimum Gasteiger partial charge on any atom is -0.484 e. The van der Waals surface area contributed by atoms with Gasteiger partial charge in [0.2, 0.25) is 0 Å². The van der Waals surface area contributed by atoms with Crippen LogP contribution in [0.2, 0.25) is 0 Å². The number of carboxylic acids is 1. The molecule has 1 atom stereocenters. The van der Waals surface area contributed by atoms with Gasteiger partial charge in [-0.2, -0.15) is 0 Å². The maximum absolute atomic E-state index is 11.7. The quantitative estimate of drug-likeness (QED) is 0.680. The molecule has 21 heavy (non-hydrogen) atoms. The molecule has 1 aromatic carbocycles. The Bertz CT molecular complexity index is 529. The molecule has 0 saturated carbocycles. The van der Waals surface area contributed by atoms with E-state index in [9.17, 15) is 9.59 Å². The van der Waals surface area contributed by atoms with Gasteiger partial charge in [-0.05, 0) is 42.5 Å². The summed E-state index contributed by atoms with van der Waals surface area (Å²) < 4.78 is 5.38. The van der Waals surface area contributed by atoms with Gasteiger partial charge >= 0.3 is 5.97 Å². The number of carbonyl (C=O) groups is 2. The van der Waals surface area contributed by atoms with Gasteiger partial charge in [0.1, 0.15) is 11.8 Å². The number of aryl methyl sites for hydroxylation is 2. The first kappa shape index (κ1) is 15.3. The predicted octanol–water partition coefficient (Wildman–Crippen LogP) is 0.506. The van der Waals surface area contributed by atoms with Gasteiger partial charge in [0, 0.05) is 13.0 Å². The van der Waals surface area contributed by atoms with E-state index in [4.69, 9.17) is 14.9 Å². The molecule has 6 nitrogen and oxygen atoms in total. The first-order valence-electron chi connectivity index (χ1n) is 6.98. The third-order valence-electron chi connectivity index (χ3n) is 3.49. The van der Waals surface area contributed by atoms with Crippen LogP contribution in [-0.4, -0.2) is 41.3 Å². The van der Waals surface area contributed by atoms with Gasteiger partial charge in [-0.3, -0.25) is 4.79 Å². The van der Waals surface area contributed by atoms with Crippen LogP contribution in [0.15, 0.2) is 18.2 Å². The Kier molecular flexibility index (Phi) is 5.16. The highest BCUT2D eigenvalue weighted by atomic mass is 16.5. The predicted molar refractivity (Wildman–Crippen MR) is 75.2 cm³/mol. The molecule has 6 heteroatoms. The first-order valence-corrected chi connectivity index (χ1v) is 6.98. The number of ether oxygens (including phenoxy) is 1. The largest absolute Gasteiger partial charge is 0.484 e. The summed E-state index contributed by atoms with van der Waals surface area (Å²) >= 11 is 0. The standard InChI is InChI=1S/C15H19NO5/c17-7-6-13(15(19)20)16-14(18)9-21-12-5-4-10-2-1-3-11(10)8-12/h4-5,8,13,17H,1-3,6-7,9H2,(H,16,18)(H,19,20). The van der Waals surface area contributed by atoms with Gasteiger partial charge in [0.05, 0.1) is 0 Å². The van der Waals surface area contributed by atoms with E-state index in [0.717, 1.165) is 19.3 Å². The maximum Gasteiger partial charge on any atom is 0.326 e. The topological polar surface area (TPSA) is 95.9 Å². The molecule has 1 aromatic rings. The molecule has 3 N–H and O–H groups in total. The zero-order chi connectivity index (χ0) is 15.2. The van der Waals surface area contributed by atoms with E-state index in [1.807, 2.05) is 18.2 Å². The van der Waals surface area contributed by atoms with E-state index in [2.05, 4.69) is 5.32 Å². The molecule has 0 spiro atoms. The lowest BCUT2D eigenvalue weighted by atomic mass is 10.1. The van der Waals surface area contributed by atoms with Crippen LogP contribution in [0.3, 0.4) is 0 Å². The number of aliphatic hydroxyl groups is 1. The lowest BCUT2D eigenvalue weighted by Gasteiger charge is -2.14. The Morgan fingerprint density at radius 2 is 2.05 bits per heavy atom. The second-order valence-electron chi connectivity index (χ2n) is 5.04. The highest BCUT2D eigenvalue weighted by molar-refractivity contribution is 5.84. The van der Waals surface area contributed by atoms with Crippen molar-refractivity contribution < 1.29 is 24.5 Å². The molecule has 0 bridgehead atoms. The third-order valence-corrected chi connectivity index (χ3v) is 3.49. The van der Waals surface area contributed by atoms with Gasteiger partial charge in [-0.25, -0.2) is 4.79 Å². The number of rotatable bonds is 7. The van der Waals surface area contributed by atoms with E-state index in [1.165, 1.54) is 11.1 Å². The number of fused-ring (bicyclic) bond motifs is 1. The third kappa shape index (κ3) is 4.19. The van der Waals surface area contributed by atoms with Gasteiger partial charge in [0.25, 0.3) is 5.91 Å². The summed E-state index contributed by atoms with van der Waals surface area (Å²) in [5.74, 6) is -1.08. The Hall–Kier alpha value is -2.08. The fraction of sp³-hybridized carbons (Fsp3) is 0.467. The van der Waals surface area contributed by atoms with Crippen molar-refractivity contribution in [3.05, 3.63) is 29.3 Å². The molecule has 1 aliphatic rings. The second-order valence-corrected chi connectivity index (χ2v) is 5.04. The highest BCUT2D eigenvalue weighted by Crippen LogP contribution is 2.25. The summed E-state index contributed by atoms with van der Waals surface area (Å²) in [6.45, 7) is -0.545. The molecule has 1 aliphatic carbocycles. The number of hydrogen-bond donors (Lipinski definition) is 3. The zero-order valence-electron chi connectivity index (χ0n) is 11.7. The fourth-order valence-electron chi connectivity index (χ4n) is 2.41. The van der Waals surface area contributed by atoms with Gasteiger partial charge in [-0.1, -0.05) is 6.07 Å². The Morgan fingerprint density at radius 3 is 2.76 bits per heavy atom. The fourth-order valence-corrected chi connectivity index (χ4v) is 2.41. The molecular formula is C15H19NO5. The van der Waals surface area contributed by atoms with Crippen LogP contribution < -0.4 is 10.1 Å².